The Labute approximate surface area is 175 Å². The van der Waals surface area contributed by atoms with Crippen LogP contribution in [0.15, 0.2) is 24.3 Å². The van der Waals surface area contributed by atoms with Gasteiger partial charge in [-0.05, 0) is 62.9 Å². The van der Waals surface area contributed by atoms with E-state index in [1.165, 1.54) is 19.4 Å². The number of nitrogens with one attached hydrogen (secondary N) is 1. The van der Waals surface area contributed by atoms with Crippen molar-refractivity contribution in [2.75, 3.05) is 45.1 Å². The predicted octanol–water partition coefficient (Wildman–Crippen LogP) is 3.78. The molecular formula is C23H36N4O2. The number of nitrogens with zero attached hydrogens (tertiary/aromatic N) is 3. The number of unbranched alkanes of at least 4 members (excludes halogenated alkanes) is 1. The van der Waals surface area contributed by atoms with Crippen molar-refractivity contribution in [2.45, 2.75) is 52.0 Å². The van der Waals surface area contributed by atoms with Gasteiger partial charge in [0, 0.05) is 44.8 Å². The summed E-state index contributed by atoms with van der Waals surface area (Å²) in [6.45, 7) is 7.69. The number of rotatable bonds is 8. The summed E-state index contributed by atoms with van der Waals surface area (Å²) in [6, 6.07) is 7.86. The first-order chi connectivity index (χ1) is 14.0. The van der Waals surface area contributed by atoms with Crippen molar-refractivity contribution < 1.29 is 9.59 Å². The second-order valence-corrected chi connectivity index (χ2v) is 8.59. The standard InChI is InChI=1S/C23H36N4O2/c1-3-4-13-25(2)17-20-11-15-26(16-12-20)23(29)24-21-9-7-19(8-10-21)18-27-14-5-6-22(27)28/h7-10,20H,3-6,11-18H2,1-2H3,(H,24,29). The number of amides is 3. The van der Waals surface area contributed by atoms with Crippen molar-refractivity contribution in [3.63, 3.8) is 0 Å². The number of hydrogen-bond acceptors (Lipinski definition) is 3. The summed E-state index contributed by atoms with van der Waals surface area (Å²) in [5.41, 5.74) is 1.92. The molecule has 0 radical (unpaired) electrons. The molecule has 0 bridgehead atoms. The Kier molecular flexibility index (Phi) is 7.92. The van der Waals surface area contributed by atoms with E-state index in [-0.39, 0.29) is 11.9 Å². The van der Waals surface area contributed by atoms with Crippen LogP contribution in [0, 0.1) is 5.92 Å². The van der Waals surface area contributed by atoms with Crippen LogP contribution in [0.5, 0.6) is 0 Å². The number of urea groups is 1. The summed E-state index contributed by atoms with van der Waals surface area (Å²) in [4.78, 5) is 30.6. The van der Waals surface area contributed by atoms with Crippen LogP contribution in [0.4, 0.5) is 10.5 Å². The van der Waals surface area contributed by atoms with Gasteiger partial charge in [-0.3, -0.25) is 4.79 Å². The maximum absolute atomic E-state index is 12.6. The molecule has 2 aliphatic rings. The first-order valence-electron chi connectivity index (χ1n) is 11.2. The molecule has 0 aliphatic carbocycles. The molecule has 2 fully saturated rings. The van der Waals surface area contributed by atoms with E-state index in [1.807, 2.05) is 34.1 Å². The highest BCUT2D eigenvalue weighted by Crippen LogP contribution is 2.20. The summed E-state index contributed by atoms with van der Waals surface area (Å²) < 4.78 is 0. The van der Waals surface area contributed by atoms with Crippen LogP contribution in [0.25, 0.3) is 0 Å². The van der Waals surface area contributed by atoms with Crippen LogP contribution in [-0.2, 0) is 11.3 Å². The van der Waals surface area contributed by atoms with Gasteiger partial charge in [0.2, 0.25) is 5.91 Å². The Morgan fingerprint density at radius 2 is 1.90 bits per heavy atom. The van der Waals surface area contributed by atoms with Gasteiger partial charge in [0.25, 0.3) is 0 Å². The van der Waals surface area contributed by atoms with Gasteiger partial charge in [-0.2, -0.15) is 0 Å². The lowest BCUT2D eigenvalue weighted by Crippen LogP contribution is -2.43. The normalized spacial score (nSPS) is 18.0. The summed E-state index contributed by atoms with van der Waals surface area (Å²) in [7, 11) is 2.21. The lowest BCUT2D eigenvalue weighted by Gasteiger charge is -2.34. The second kappa shape index (κ2) is 10.6. The van der Waals surface area contributed by atoms with E-state index in [9.17, 15) is 9.59 Å². The Morgan fingerprint density at radius 3 is 2.52 bits per heavy atom. The molecule has 6 nitrogen and oxygen atoms in total. The average molecular weight is 401 g/mol. The Balaban J connectivity index is 1.41. The van der Waals surface area contributed by atoms with E-state index in [4.69, 9.17) is 0 Å². The van der Waals surface area contributed by atoms with E-state index in [1.54, 1.807) is 0 Å². The number of benzene rings is 1. The van der Waals surface area contributed by atoms with Crippen LogP contribution >= 0.6 is 0 Å². The smallest absolute Gasteiger partial charge is 0.321 e. The molecule has 29 heavy (non-hydrogen) atoms. The predicted molar refractivity (Wildman–Crippen MR) is 117 cm³/mol. The average Bonchev–Trinajstić information content (AvgIpc) is 3.13. The first-order valence-corrected chi connectivity index (χ1v) is 11.2. The molecule has 0 saturated carbocycles. The third-order valence-electron chi connectivity index (χ3n) is 6.12. The molecule has 2 aliphatic heterocycles. The van der Waals surface area contributed by atoms with Crippen LogP contribution in [0.2, 0.25) is 0 Å². The van der Waals surface area contributed by atoms with E-state index in [2.05, 4.69) is 24.2 Å². The van der Waals surface area contributed by atoms with Gasteiger partial charge < -0.3 is 20.0 Å². The number of anilines is 1. The zero-order valence-electron chi connectivity index (χ0n) is 18.0. The van der Waals surface area contributed by atoms with Gasteiger partial charge in [-0.25, -0.2) is 4.79 Å². The molecule has 3 amide bonds. The van der Waals surface area contributed by atoms with Gasteiger partial charge in [0.05, 0.1) is 0 Å². The highest BCUT2D eigenvalue weighted by atomic mass is 16.2. The zero-order valence-corrected chi connectivity index (χ0v) is 18.0. The van der Waals surface area contributed by atoms with E-state index >= 15 is 0 Å². The summed E-state index contributed by atoms with van der Waals surface area (Å²) >= 11 is 0. The molecule has 2 heterocycles. The fourth-order valence-electron chi connectivity index (χ4n) is 4.27. The van der Waals surface area contributed by atoms with Crippen molar-refractivity contribution in [1.29, 1.82) is 0 Å². The SMILES string of the molecule is CCCCN(C)CC1CCN(C(=O)Nc2ccc(CN3CCCC3=O)cc2)CC1. The fraction of sp³-hybridized carbons (Fsp3) is 0.652. The maximum atomic E-state index is 12.6. The summed E-state index contributed by atoms with van der Waals surface area (Å²) in [6.07, 6.45) is 6.27. The van der Waals surface area contributed by atoms with Gasteiger partial charge in [0.15, 0.2) is 0 Å². The number of piperidine rings is 1. The molecule has 0 atom stereocenters. The lowest BCUT2D eigenvalue weighted by atomic mass is 9.96. The fourth-order valence-corrected chi connectivity index (χ4v) is 4.27. The lowest BCUT2D eigenvalue weighted by molar-refractivity contribution is -0.128. The molecule has 1 aromatic rings. The van der Waals surface area contributed by atoms with Gasteiger partial charge >= 0.3 is 6.03 Å². The largest absolute Gasteiger partial charge is 0.338 e. The van der Waals surface area contributed by atoms with Gasteiger partial charge in [-0.15, -0.1) is 0 Å². The zero-order chi connectivity index (χ0) is 20.6. The third-order valence-corrected chi connectivity index (χ3v) is 6.12. The Bertz CT molecular complexity index is 668. The van der Waals surface area contributed by atoms with Gasteiger partial charge in [-0.1, -0.05) is 25.5 Å². The molecular weight excluding hydrogens is 364 g/mol. The molecule has 0 aromatic heterocycles. The minimum absolute atomic E-state index is 0.00902. The number of likely N-dealkylation sites (tertiary alicyclic amines) is 2. The van der Waals surface area contributed by atoms with Crippen LogP contribution < -0.4 is 5.32 Å². The molecule has 2 saturated heterocycles. The van der Waals surface area contributed by atoms with Crippen molar-refractivity contribution in [1.82, 2.24) is 14.7 Å². The minimum Gasteiger partial charge on any atom is -0.338 e. The first kappa shape index (κ1) is 21.6. The van der Waals surface area contributed by atoms with Crippen molar-refractivity contribution >= 4 is 17.6 Å². The summed E-state index contributed by atoms with van der Waals surface area (Å²) in [5.74, 6) is 0.927. The van der Waals surface area contributed by atoms with Crippen LogP contribution in [-0.4, -0.2) is 66.4 Å². The quantitative estimate of drug-likeness (QED) is 0.722. The maximum Gasteiger partial charge on any atom is 0.321 e. The Hall–Kier alpha value is -2.08. The van der Waals surface area contributed by atoms with Crippen LogP contribution in [0.3, 0.4) is 0 Å². The highest BCUT2D eigenvalue weighted by molar-refractivity contribution is 5.89. The van der Waals surface area contributed by atoms with E-state index < -0.39 is 0 Å². The van der Waals surface area contributed by atoms with Crippen LogP contribution in [0.1, 0.15) is 51.0 Å². The van der Waals surface area contributed by atoms with E-state index in [0.717, 1.165) is 56.7 Å². The molecule has 0 spiro atoms. The van der Waals surface area contributed by atoms with Gasteiger partial charge in [0.1, 0.15) is 0 Å². The third kappa shape index (κ3) is 6.46. The molecule has 6 heteroatoms. The molecule has 1 N–H and O–H groups in total. The van der Waals surface area contributed by atoms with Crippen molar-refractivity contribution in [3.8, 4) is 0 Å². The number of carbonyl (C=O) groups is 2. The van der Waals surface area contributed by atoms with Crippen molar-refractivity contribution in [2.24, 2.45) is 5.92 Å². The Morgan fingerprint density at radius 1 is 1.17 bits per heavy atom. The topological polar surface area (TPSA) is 55.9 Å². The highest BCUT2D eigenvalue weighted by Gasteiger charge is 2.24. The monoisotopic (exact) mass is 400 g/mol. The molecule has 3 rings (SSSR count). The molecule has 160 valence electrons. The number of hydrogen-bond donors (Lipinski definition) is 1. The minimum atomic E-state index is -0.00902. The van der Waals surface area contributed by atoms with Crippen molar-refractivity contribution in [3.05, 3.63) is 29.8 Å². The van der Waals surface area contributed by atoms with E-state index in [0.29, 0.717) is 18.9 Å². The molecule has 0 unspecified atom stereocenters. The summed E-state index contributed by atoms with van der Waals surface area (Å²) in [5, 5.41) is 3.02. The second-order valence-electron chi connectivity index (χ2n) is 8.59. The number of carbonyl (C=O) groups excluding carboxylic acids is 2. The molecule has 1 aromatic carbocycles.